The standard InChI is InChI=1S/C10H12N2O2/c13-10(14)9-7-3-1-2-4-8(7)11-5-6-12-9/h1-4,9,11-12H,5-6H2,(H,13,14). The van der Waals surface area contributed by atoms with Gasteiger partial charge in [-0.25, -0.2) is 0 Å². The zero-order chi connectivity index (χ0) is 9.97. The van der Waals surface area contributed by atoms with E-state index in [0.29, 0.717) is 6.54 Å². The van der Waals surface area contributed by atoms with Crippen LogP contribution in [0.1, 0.15) is 11.6 Å². The van der Waals surface area contributed by atoms with Crippen molar-refractivity contribution in [1.82, 2.24) is 5.32 Å². The summed E-state index contributed by atoms with van der Waals surface area (Å²) in [6.45, 7) is 1.41. The molecule has 0 bridgehead atoms. The van der Waals surface area contributed by atoms with E-state index in [-0.39, 0.29) is 0 Å². The van der Waals surface area contributed by atoms with Crippen molar-refractivity contribution in [3.8, 4) is 0 Å². The topological polar surface area (TPSA) is 61.4 Å². The summed E-state index contributed by atoms with van der Waals surface area (Å²) < 4.78 is 0. The molecule has 0 fully saturated rings. The van der Waals surface area contributed by atoms with Crippen LogP contribution in [0.5, 0.6) is 0 Å². The minimum atomic E-state index is -0.832. The quantitative estimate of drug-likeness (QED) is 0.616. The lowest BCUT2D eigenvalue weighted by Crippen LogP contribution is -2.29. The third kappa shape index (κ3) is 1.56. The van der Waals surface area contributed by atoms with Crippen molar-refractivity contribution < 1.29 is 9.90 Å². The second-order valence-corrected chi connectivity index (χ2v) is 3.24. The van der Waals surface area contributed by atoms with E-state index in [1.54, 1.807) is 0 Å². The Bertz CT molecular complexity index is 352. The van der Waals surface area contributed by atoms with Crippen molar-refractivity contribution in [3.05, 3.63) is 29.8 Å². The number of para-hydroxylation sites is 1. The van der Waals surface area contributed by atoms with Crippen LogP contribution in [0, 0.1) is 0 Å². The first-order valence-electron chi connectivity index (χ1n) is 4.58. The lowest BCUT2D eigenvalue weighted by atomic mass is 10.1. The van der Waals surface area contributed by atoms with Gasteiger partial charge in [-0.1, -0.05) is 18.2 Å². The molecule has 4 heteroatoms. The molecule has 0 radical (unpaired) electrons. The molecule has 3 N–H and O–H groups in total. The SMILES string of the molecule is O=C(O)C1NCCNc2ccccc21. The summed E-state index contributed by atoms with van der Waals surface area (Å²) in [6.07, 6.45) is 0. The van der Waals surface area contributed by atoms with E-state index in [1.807, 2.05) is 24.3 Å². The van der Waals surface area contributed by atoms with Gasteiger partial charge in [0.25, 0.3) is 0 Å². The molecule has 0 aromatic heterocycles. The number of aliphatic carboxylic acids is 1. The van der Waals surface area contributed by atoms with Gasteiger partial charge in [0.15, 0.2) is 0 Å². The molecule has 0 spiro atoms. The molecule has 1 heterocycles. The molecule has 1 aromatic rings. The number of anilines is 1. The molecule has 0 aliphatic carbocycles. The number of carboxylic acids is 1. The van der Waals surface area contributed by atoms with Crippen molar-refractivity contribution in [1.29, 1.82) is 0 Å². The predicted molar refractivity (Wildman–Crippen MR) is 53.3 cm³/mol. The molecule has 0 saturated heterocycles. The number of carbonyl (C=O) groups is 1. The van der Waals surface area contributed by atoms with Crippen molar-refractivity contribution in [2.24, 2.45) is 0 Å². The maximum Gasteiger partial charge on any atom is 0.325 e. The molecular formula is C10H12N2O2. The molecule has 0 amide bonds. The third-order valence-electron chi connectivity index (χ3n) is 2.31. The minimum Gasteiger partial charge on any atom is -0.480 e. The Balaban J connectivity index is 2.42. The van der Waals surface area contributed by atoms with Crippen LogP contribution in [-0.4, -0.2) is 24.2 Å². The lowest BCUT2D eigenvalue weighted by Gasteiger charge is -2.12. The number of carboxylic acid groups (broad SMARTS) is 1. The lowest BCUT2D eigenvalue weighted by molar-refractivity contribution is -0.139. The van der Waals surface area contributed by atoms with E-state index in [1.165, 1.54) is 0 Å². The van der Waals surface area contributed by atoms with Crippen molar-refractivity contribution in [2.45, 2.75) is 6.04 Å². The summed E-state index contributed by atoms with van der Waals surface area (Å²) in [5.41, 5.74) is 1.71. The zero-order valence-electron chi connectivity index (χ0n) is 7.66. The van der Waals surface area contributed by atoms with E-state index in [0.717, 1.165) is 17.8 Å². The van der Waals surface area contributed by atoms with Gasteiger partial charge in [-0.15, -0.1) is 0 Å². The second kappa shape index (κ2) is 3.67. The number of fused-ring (bicyclic) bond motifs is 1. The molecule has 74 valence electrons. The highest BCUT2D eigenvalue weighted by Crippen LogP contribution is 2.24. The highest BCUT2D eigenvalue weighted by atomic mass is 16.4. The van der Waals surface area contributed by atoms with Gasteiger partial charge in [0.1, 0.15) is 6.04 Å². The Morgan fingerprint density at radius 2 is 2.14 bits per heavy atom. The van der Waals surface area contributed by atoms with Gasteiger partial charge in [-0.2, -0.15) is 0 Å². The van der Waals surface area contributed by atoms with Gasteiger partial charge in [-0.3, -0.25) is 10.1 Å². The average molecular weight is 192 g/mol. The smallest absolute Gasteiger partial charge is 0.325 e. The van der Waals surface area contributed by atoms with Crippen molar-refractivity contribution in [2.75, 3.05) is 18.4 Å². The maximum absolute atomic E-state index is 11.0. The van der Waals surface area contributed by atoms with Gasteiger partial charge >= 0.3 is 5.97 Å². The van der Waals surface area contributed by atoms with Crippen LogP contribution in [-0.2, 0) is 4.79 Å². The molecular weight excluding hydrogens is 180 g/mol. The molecule has 14 heavy (non-hydrogen) atoms. The van der Waals surface area contributed by atoms with Gasteiger partial charge in [0, 0.05) is 24.3 Å². The summed E-state index contributed by atoms with van der Waals surface area (Å²) in [5, 5.41) is 15.2. The summed E-state index contributed by atoms with van der Waals surface area (Å²) in [5.74, 6) is -0.832. The van der Waals surface area contributed by atoms with Crippen molar-refractivity contribution in [3.63, 3.8) is 0 Å². The van der Waals surface area contributed by atoms with Crippen LogP contribution in [0.2, 0.25) is 0 Å². The molecule has 1 aliphatic rings. The van der Waals surface area contributed by atoms with Crippen LogP contribution in [0.25, 0.3) is 0 Å². The second-order valence-electron chi connectivity index (χ2n) is 3.24. The first-order chi connectivity index (χ1) is 6.79. The van der Waals surface area contributed by atoms with Crippen molar-refractivity contribution >= 4 is 11.7 Å². The van der Waals surface area contributed by atoms with E-state index < -0.39 is 12.0 Å². The Kier molecular flexibility index (Phi) is 2.37. The molecule has 1 aliphatic heterocycles. The predicted octanol–water partition coefficient (Wildman–Crippen LogP) is 0.827. The fraction of sp³-hybridized carbons (Fsp3) is 0.300. The first kappa shape index (κ1) is 9.02. The van der Waals surface area contributed by atoms with E-state index in [9.17, 15) is 4.79 Å². The molecule has 4 nitrogen and oxygen atoms in total. The number of hydrogen-bond donors (Lipinski definition) is 3. The number of rotatable bonds is 1. The van der Waals surface area contributed by atoms with Crippen LogP contribution in [0.15, 0.2) is 24.3 Å². The number of nitrogens with one attached hydrogen (secondary N) is 2. The Morgan fingerprint density at radius 3 is 2.93 bits per heavy atom. The Hall–Kier alpha value is -1.55. The van der Waals surface area contributed by atoms with E-state index >= 15 is 0 Å². The zero-order valence-corrected chi connectivity index (χ0v) is 7.66. The monoisotopic (exact) mass is 192 g/mol. The minimum absolute atomic E-state index is 0.596. The van der Waals surface area contributed by atoms with Crippen LogP contribution in [0.4, 0.5) is 5.69 Å². The van der Waals surface area contributed by atoms with Gasteiger partial charge in [-0.05, 0) is 6.07 Å². The van der Waals surface area contributed by atoms with Gasteiger partial charge in [0.2, 0.25) is 0 Å². The summed E-state index contributed by atoms with van der Waals surface area (Å²) >= 11 is 0. The van der Waals surface area contributed by atoms with Crippen LogP contribution in [0.3, 0.4) is 0 Å². The Morgan fingerprint density at radius 1 is 1.36 bits per heavy atom. The number of hydrogen-bond acceptors (Lipinski definition) is 3. The van der Waals surface area contributed by atoms with Crippen LogP contribution >= 0.6 is 0 Å². The van der Waals surface area contributed by atoms with Gasteiger partial charge < -0.3 is 10.4 Å². The fourth-order valence-corrected chi connectivity index (χ4v) is 1.65. The third-order valence-corrected chi connectivity index (χ3v) is 2.31. The van der Waals surface area contributed by atoms with E-state index in [2.05, 4.69) is 10.6 Å². The molecule has 1 aromatic carbocycles. The maximum atomic E-state index is 11.0. The molecule has 1 atom stereocenters. The fourth-order valence-electron chi connectivity index (χ4n) is 1.65. The first-order valence-corrected chi connectivity index (χ1v) is 4.58. The van der Waals surface area contributed by atoms with Gasteiger partial charge in [0.05, 0.1) is 0 Å². The highest BCUT2D eigenvalue weighted by molar-refractivity contribution is 5.78. The van der Waals surface area contributed by atoms with E-state index in [4.69, 9.17) is 5.11 Å². The summed E-state index contributed by atoms with van der Waals surface area (Å²) in [6, 6.07) is 6.89. The molecule has 2 rings (SSSR count). The normalized spacial score (nSPS) is 20.4. The summed E-state index contributed by atoms with van der Waals surface area (Å²) in [4.78, 5) is 11.0. The van der Waals surface area contributed by atoms with Crippen LogP contribution < -0.4 is 10.6 Å². The Labute approximate surface area is 81.9 Å². The highest BCUT2D eigenvalue weighted by Gasteiger charge is 2.23. The number of benzene rings is 1. The molecule has 0 saturated carbocycles. The average Bonchev–Trinajstić information content (AvgIpc) is 2.39. The summed E-state index contributed by atoms with van der Waals surface area (Å²) in [7, 11) is 0. The molecule has 1 unspecified atom stereocenters. The largest absolute Gasteiger partial charge is 0.480 e.